The van der Waals surface area contributed by atoms with Crippen molar-refractivity contribution in [2.75, 3.05) is 0 Å². The lowest BCUT2D eigenvalue weighted by molar-refractivity contribution is 0.467. The van der Waals surface area contributed by atoms with E-state index in [0.29, 0.717) is 28.1 Å². The molecular formula is C24H19N5O4. The summed E-state index contributed by atoms with van der Waals surface area (Å²) in [6, 6.07) is 12.5. The van der Waals surface area contributed by atoms with Crippen LogP contribution in [0.1, 0.15) is 11.1 Å². The molecule has 33 heavy (non-hydrogen) atoms. The van der Waals surface area contributed by atoms with Gasteiger partial charge < -0.3 is 15.1 Å². The van der Waals surface area contributed by atoms with Gasteiger partial charge in [-0.2, -0.15) is 5.10 Å². The van der Waals surface area contributed by atoms with Gasteiger partial charge in [-0.15, -0.1) is 0 Å². The number of rotatable bonds is 3. The molecule has 3 aromatic heterocycles. The molecule has 0 aliphatic heterocycles. The molecule has 9 heteroatoms. The van der Waals surface area contributed by atoms with Crippen molar-refractivity contribution in [2.24, 2.45) is 0 Å². The number of aromatic nitrogens is 5. The van der Waals surface area contributed by atoms with Crippen molar-refractivity contribution in [3.05, 3.63) is 91.0 Å². The van der Waals surface area contributed by atoms with E-state index in [2.05, 4.69) is 25.1 Å². The Labute approximate surface area is 185 Å². The number of hydrogen-bond acceptors (Lipinski definition) is 5. The molecule has 5 rings (SSSR count). The van der Waals surface area contributed by atoms with E-state index >= 15 is 0 Å². The Bertz CT molecular complexity index is 1700. The average Bonchev–Trinajstić information content (AvgIpc) is 3.16. The van der Waals surface area contributed by atoms with Crippen molar-refractivity contribution in [2.45, 2.75) is 13.8 Å². The first-order valence-electron chi connectivity index (χ1n) is 10.2. The summed E-state index contributed by atoms with van der Waals surface area (Å²) in [5, 5.41) is 17.5. The smallest absolute Gasteiger partial charge is 0.325 e. The van der Waals surface area contributed by atoms with Gasteiger partial charge in [0.05, 0.1) is 22.5 Å². The summed E-state index contributed by atoms with van der Waals surface area (Å²) in [6.07, 6.45) is 1.34. The normalized spacial score (nSPS) is 11.2. The Balaban J connectivity index is 1.81. The van der Waals surface area contributed by atoms with Crippen LogP contribution in [0, 0.1) is 13.8 Å². The van der Waals surface area contributed by atoms with Crippen molar-refractivity contribution in [3.63, 3.8) is 0 Å². The fourth-order valence-corrected chi connectivity index (χ4v) is 4.06. The van der Waals surface area contributed by atoms with Gasteiger partial charge in [0.15, 0.2) is 0 Å². The van der Waals surface area contributed by atoms with Gasteiger partial charge in [0.1, 0.15) is 5.75 Å². The molecule has 0 atom stereocenters. The van der Waals surface area contributed by atoms with Crippen molar-refractivity contribution in [1.82, 2.24) is 25.1 Å². The van der Waals surface area contributed by atoms with Crippen molar-refractivity contribution >= 4 is 10.9 Å². The molecule has 5 N–H and O–H groups in total. The topological polar surface area (TPSA) is 147 Å². The van der Waals surface area contributed by atoms with Crippen LogP contribution in [0.5, 0.6) is 5.75 Å². The van der Waals surface area contributed by atoms with Crippen molar-refractivity contribution < 1.29 is 5.11 Å². The number of aromatic hydroxyl groups is 1. The minimum atomic E-state index is -0.618. The molecular weight excluding hydrogens is 422 g/mol. The average molecular weight is 441 g/mol. The van der Waals surface area contributed by atoms with Gasteiger partial charge >= 0.3 is 5.69 Å². The highest BCUT2D eigenvalue weighted by Crippen LogP contribution is 2.36. The largest absolute Gasteiger partial charge is 0.507 e. The van der Waals surface area contributed by atoms with E-state index in [1.54, 1.807) is 32.0 Å². The minimum absolute atomic E-state index is 0.207. The lowest BCUT2D eigenvalue weighted by Gasteiger charge is -2.09. The zero-order valence-electron chi connectivity index (χ0n) is 17.7. The molecule has 0 saturated carbocycles. The maximum atomic E-state index is 12.9. The summed E-state index contributed by atoms with van der Waals surface area (Å²) in [5.41, 5.74) is 3.09. The number of hydrogen-bond donors (Lipinski definition) is 5. The molecule has 164 valence electrons. The number of aryl methyl sites for hydroxylation is 2. The van der Waals surface area contributed by atoms with Gasteiger partial charge in [-0.25, -0.2) is 9.89 Å². The highest BCUT2D eigenvalue weighted by atomic mass is 16.3. The van der Waals surface area contributed by atoms with Crippen LogP contribution in [0.3, 0.4) is 0 Å². The van der Waals surface area contributed by atoms with E-state index in [1.807, 2.05) is 24.3 Å². The van der Waals surface area contributed by atoms with Crippen LogP contribution < -0.4 is 16.8 Å². The molecule has 3 heterocycles. The van der Waals surface area contributed by atoms with Gasteiger partial charge in [0, 0.05) is 28.2 Å². The molecule has 0 radical (unpaired) electrons. The second-order valence-electron chi connectivity index (χ2n) is 7.86. The molecule has 0 fully saturated rings. The molecule has 0 aliphatic rings. The molecule has 0 amide bonds. The lowest BCUT2D eigenvalue weighted by Crippen LogP contribution is -2.22. The van der Waals surface area contributed by atoms with Crippen LogP contribution >= 0.6 is 0 Å². The lowest BCUT2D eigenvalue weighted by atomic mass is 9.99. The molecule has 9 nitrogen and oxygen atoms in total. The Morgan fingerprint density at radius 2 is 1.61 bits per heavy atom. The van der Waals surface area contributed by atoms with Crippen molar-refractivity contribution in [1.29, 1.82) is 0 Å². The number of phenolic OH excluding ortho intramolecular Hbond substituents is 1. The third kappa shape index (κ3) is 3.35. The van der Waals surface area contributed by atoms with E-state index < -0.39 is 16.8 Å². The Morgan fingerprint density at radius 1 is 0.879 bits per heavy atom. The van der Waals surface area contributed by atoms with Crippen molar-refractivity contribution in [3.8, 4) is 39.4 Å². The Kier molecular flexibility index (Phi) is 4.59. The quantitative estimate of drug-likeness (QED) is 0.292. The second-order valence-corrected chi connectivity index (χ2v) is 7.86. The van der Waals surface area contributed by atoms with Crippen LogP contribution in [-0.2, 0) is 0 Å². The number of fused-ring (bicyclic) bond motifs is 1. The van der Waals surface area contributed by atoms with Crippen LogP contribution in [0.2, 0.25) is 0 Å². The number of aromatic amines is 4. The van der Waals surface area contributed by atoms with E-state index in [0.717, 1.165) is 16.5 Å². The highest BCUT2D eigenvalue weighted by molar-refractivity contribution is 6.03. The fourth-order valence-electron chi connectivity index (χ4n) is 4.06. The van der Waals surface area contributed by atoms with Crippen LogP contribution in [0.25, 0.3) is 44.5 Å². The summed E-state index contributed by atoms with van der Waals surface area (Å²) in [7, 11) is 0. The maximum Gasteiger partial charge on any atom is 0.325 e. The summed E-state index contributed by atoms with van der Waals surface area (Å²) in [4.78, 5) is 45.0. The zero-order chi connectivity index (χ0) is 23.3. The molecule has 0 spiro atoms. The van der Waals surface area contributed by atoms with E-state index in [-0.39, 0.29) is 16.9 Å². The van der Waals surface area contributed by atoms with Gasteiger partial charge in [-0.05, 0) is 49.2 Å². The number of para-hydroxylation sites is 1. The SMILES string of the molecule is Cc1cc(-c2cc(-c3[nH]c4ccccc4c3-c3c[nH]c(=O)[nH]c3=O)c(=O)[nH]n2)cc(C)c1O. The Morgan fingerprint density at radius 3 is 2.33 bits per heavy atom. The highest BCUT2D eigenvalue weighted by Gasteiger charge is 2.21. The summed E-state index contributed by atoms with van der Waals surface area (Å²) >= 11 is 0. The van der Waals surface area contributed by atoms with Crippen LogP contribution in [0.4, 0.5) is 0 Å². The predicted octanol–water partition coefficient (Wildman–Crippen LogP) is 2.95. The predicted molar refractivity (Wildman–Crippen MR) is 125 cm³/mol. The van der Waals surface area contributed by atoms with E-state index in [9.17, 15) is 19.5 Å². The van der Waals surface area contributed by atoms with E-state index in [4.69, 9.17) is 0 Å². The van der Waals surface area contributed by atoms with Crippen LogP contribution in [-0.4, -0.2) is 30.3 Å². The third-order valence-electron chi connectivity index (χ3n) is 5.65. The fraction of sp³-hybridized carbons (Fsp3) is 0.0833. The Hall–Kier alpha value is -4.66. The molecule has 0 unspecified atom stereocenters. The third-order valence-corrected chi connectivity index (χ3v) is 5.65. The monoisotopic (exact) mass is 441 g/mol. The molecule has 0 saturated heterocycles. The number of nitrogens with one attached hydrogen (secondary N) is 4. The number of phenols is 1. The summed E-state index contributed by atoms with van der Waals surface area (Å²) in [5.74, 6) is 0.207. The second kappa shape index (κ2) is 7.49. The number of nitrogens with zero attached hydrogens (tertiary/aromatic N) is 1. The molecule has 0 aliphatic carbocycles. The van der Waals surface area contributed by atoms with Gasteiger partial charge in [0.2, 0.25) is 0 Å². The minimum Gasteiger partial charge on any atom is -0.507 e. The maximum absolute atomic E-state index is 12.9. The van der Waals surface area contributed by atoms with Gasteiger partial charge in [-0.1, -0.05) is 18.2 Å². The number of H-pyrrole nitrogens is 4. The molecule has 5 aromatic rings. The van der Waals surface area contributed by atoms with Crippen LogP contribution in [0.15, 0.2) is 63.0 Å². The number of benzene rings is 2. The van der Waals surface area contributed by atoms with E-state index in [1.165, 1.54) is 6.20 Å². The molecule has 0 bridgehead atoms. The standard InChI is InChI=1S/C24H19N5O4/c1-11-7-13(8-12(2)21(11)30)18-9-15(23(32)29-28-18)20-19(14-5-3-4-6-17(14)26-20)16-10-25-24(33)27-22(16)31/h3-10,26,30H,1-2H3,(H,29,32)(H2,25,27,31,33). The van der Waals surface area contributed by atoms with Gasteiger partial charge in [0.25, 0.3) is 11.1 Å². The first-order valence-corrected chi connectivity index (χ1v) is 10.2. The summed E-state index contributed by atoms with van der Waals surface area (Å²) < 4.78 is 0. The first-order chi connectivity index (χ1) is 15.8. The first kappa shape index (κ1) is 20.3. The van der Waals surface area contributed by atoms with Gasteiger partial charge in [-0.3, -0.25) is 14.6 Å². The zero-order valence-corrected chi connectivity index (χ0v) is 17.7. The molecule has 2 aromatic carbocycles. The summed E-state index contributed by atoms with van der Waals surface area (Å²) in [6.45, 7) is 3.58.